The molecule has 1 amide bonds. The summed E-state index contributed by atoms with van der Waals surface area (Å²) in [6, 6.07) is 24.8. The van der Waals surface area contributed by atoms with Gasteiger partial charge in [-0.05, 0) is 87.6 Å². The minimum absolute atomic E-state index is 0.112. The van der Waals surface area contributed by atoms with Crippen LogP contribution in [0.1, 0.15) is 49.0 Å². The van der Waals surface area contributed by atoms with Crippen LogP contribution < -0.4 is 15.1 Å². The molecule has 4 aromatic rings. The summed E-state index contributed by atoms with van der Waals surface area (Å²) < 4.78 is 0. The number of fused-ring (bicyclic) bond motifs is 1. The highest BCUT2D eigenvalue weighted by atomic mass is 16.1. The van der Waals surface area contributed by atoms with E-state index in [9.17, 15) is 4.79 Å². The Morgan fingerprint density at radius 3 is 2.56 bits per heavy atom. The van der Waals surface area contributed by atoms with Crippen molar-refractivity contribution in [2.45, 2.75) is 45.6 Å². The standard InChI is InChI=1S/C30H35N5O/c1-3-34(4-2)25-16-13-23(14-17-25)29(36)31-24-15-18-27-28(21-24)33-30(32-27)35-19-9-8-12-26(35)20-22-10-6-5-7-11-22/h5-7,10-11,13-18,21,26H,3-4,8-9,12,19-20H2,1-2H3,(H,31,36)(H,32,33). The maximum absolute atomic E-state index is 12.9. The van der Waals surface area contributed by atoms with E-state index in [1.165, 1.54) is 24.8 Å². The Bertz CT molecular complexity index is 1290. The number of amides is 1. The molecule has 0 radical (unpaired) electrons. The predicted octanol–water partition coefficient (Wildman–Crippen LogP) is 6.26. The second-order valence-electron chi connectivity index (χ2n) is 9.50. The van der Waals surface area contributed by atoms with Crippen LogP contribution in [0.15, 0.2) is 72.8 Å². The third kappa shape index (κ3) is 5.23. The Morgan fingerprint density at radius 1 is 1.03 bits per heavy atom. The first-order chi connectivity index (χ1) is 17.6. The molecule has 1 aromatic heterocycles. The van der Waals surface area contributed by atoms with Gasteiger partial charge in [0.05, 0.1) is 11.0 Å². The van der Waals surface area contributed by atoms with Crippen molar-refractivity contribution in [2.75, 3.05) is 34.8 Å². The quantitative estimate of drug-likeness (QED) is 0.312. The van der Waals surface area contributed by atoms with Crippen LogP contribution in [0.25, 0.3) is 11.0 Å². The fourth-order valence-corrected chi connectivity index (χ4v) is 5.20. The van der Waals surface area contributed by atoms with Gasteiger partial charge < -0.3 is 20.1 Å². The molecule has 5 rings (SSSR count). The number of hydrogen-bond acceptors (Lipinski definition) is 4. The Kier molecular flexibility index (Phi) is 7.21. The molecule has 3 aromatic carbocycles. The van der Waals surface area contributed by atoms with Gasteiger partial charge in [0.1, 0.15) is 0 Å². The third-order valence-corrected chi connectivity index (χ3v) is 7.20. The summed E-state index contributed by atoms with van der Waals surface area (Å²) in [5, 5.41) is 3.04. The molecule has 1 fully saturated rings. The van der Waals surface area contributed by atoms with Crippen molar-refractivity contribution < 1.29 is 4.79 Å². The van der Waals surface area contributed by atoms with Gasteiger partial charge in [-0.25, -0.2) is 4.98 Å². The first kappa shape index (κ1) is 23.9. The molecule has 2 N–H and O–H groups in total. The number of benzene rings is 3. The van der Waals surface area contributed by atoms with E-state index in [-0.39, 0.29) is 5.91 Å². The van der Waals surface area contributed by atoms with Crippen LogP contribution in [0.5, 0.6) is 0 Å². The zero-order chi connectivity index (χ0) is 24.9. The van der Waals surface area contributed by atoms with E-state index in [1.807, 2.05) is 42.5 Å². The van der Waals surface area contributed by atoms with Gasteiger partial charge in [0.15, 0.2) is 0 Å². The number of nitrogens with one attached hydrogen (secondary N) is 2. The highest BCUT2D eigenvalue weighted by molar-refractivity contribution is 6.05. The Hall–Kier alpha value is -3.80. The van der Waals surface area contributed by atoms with E-state index < -0.39 is 0 Å². The van der Waals surface area contributed by atoms with Gasteiger partial charge in [0, 0.05) is 42.6 Å². The van der Waals surface area contributed by atoms with Crippen molar-refractivity contribution in [1.29, 1.82) is 0 Å². The molecule has 1 atom stereocenters. The van der Waals surface area contributed by atoms with E-state index >= 15 is 0 Å². The van der Waals surface area contributed by atoms with Crippen LogP contribution in [0, 0.1) is 0 Å². The van der Waals surface area contributed by atoms with Crippen LogP contribution in [0.4, 0.5) is 17.3 Å². The summed E-state index contributed by atoms with van der Waals surface area (Å²) in [6.07, 6.45) is 4.61. The molecule has 1 saturated heterocycles. The van der Waals surface area contributed by atoms with Gasteiger partial charge in [-0.15, -0.1) is 0 Å². The Balaban J connectivity index is 1.31. The number of aromatic nitrogens is 2. The average Bonchev–Trinajstić information content (AvgIpc) is 3.34. The van der Waals surface area contributed by atoms with Crippen molar-refractivity contribution in [3.63, 3.8) is 0 Å². The maximum Gasteiger partial charge on any atom is 0.255 e. The summed E-state index contributed by atoms with van der Waals surface area (Å²) in [7, 11) is 0. The fraction of sp³-hybridized carbons (Fsp3) is 0.333. The molecule has 2 heterocycles. The Labute approximate surface area is 213 Å². The summed E-state index contributed by atoms with van der Waals surface area (Å²) in [5.74, 6) is 0.806. The molecule has 0 aliphatic carbocycles. The van der Waals surface area contributed by atoms with Crippen molar-refractivity contribution in [2.24, 2.45) is 0 Å². The number of anilines is 3. The summed E-state index contributed by atoms with van der Waals surface area (Å²) in [4.78, 5) is 26.0. The van der Waals surface area contributed by atoms with Crippen molar-refractivity contribution in [1.82, 2.24) is 9.97 Å². The first-order valence-electron chi connectivity index (χ1n) is 13.1. The highest BCUT2D eigenvalue weighted by Gasteiger charge is 2.25. The number of piperidine rings is 1. The van der Waals surface area contributed by atoms with Crippen LogP contribution in [0.2, 0.25) is 0 Å². The van der Waals surface area contributed by atoms with Crippen molar-refractivity contribution in [3.05, 3.63) is 83.9 Å². The molecular weight excluding hydrogens is 446 g/mol. The topological polar surface area (TPSA) is 64.3 Å². The van der Waals surface area contributed by atoms with Gasteiger partial charge in [-0.1, -0.05) is 30.3 Å². The van der Waals surface area contributed by atoms with Gasteiger partial charge in [0.2, 0.25) is 5.95 Å². The molecule has 1 aliphatic rings. The lowest BCUT2D eigenvalue weighted by Crippen LogP contribution is -2.41. The number of nitrogens with zero attached hydrogens (tertiary/aromatic N) is 3. The van der Waals surface area contributed by atoms with E-state index in [4.69, 9.17) is 4.98 Å². The van der Waals surface area contributed by atoms with Crippen LogP contribution >= 0.6 is 0 Å². The lowest BCUT2D eigenvalue weighted by atomic mass is 9.96. The van der Waals surface area contributed by atoms with Gasteiger partial charge >= 0.3 is 0 Å². The molecule has 6 heteroatoms. The first-order valence-corrected chi connectivity index (χ1v) is 13.1. The fourth-order valence-electron chi connectivity index (χ4n) is 5.20. The monoisotopic (exact) mass is 481 g/mol. The highest BCUT2D eigenvalue weighted by Crippen LogP contribution is 2.28. The van der Waals surface area contributed by atoms with Crippen LogP contribution in [-0.4, -0.2) is 41.6 Å². The maximum atomic E-state index is 12.9. The number of imidazole rings is 1. The molecule has 0 spiro atoms. The number of H-pyrrole nitrogens is 1. The zero-order valence-electron chi connectivity index (χ0n) is 21.2. The molecule has 1 aliphatic heterocycles. The summed E-state index contributed by atoms with van der Waals surface area (Å²) in [6.45, 7) is 7.16. The van der Waals surface area contributed by atoms with Crippen molar-refractivity contribution in [3.8, 4) is 0 Å². The number of rotatable bonds is 8. The number of aromatic amines is 1. The molecule has 6 nitrogen and oxygen atoms in total. The molecular formula is C30H35N5O. The molecule has 0 saturated carbocycles. The van der Waals surface area contributed by atoms with Crippen LogP contribution in [-0.2, 0) is 6.42 Å². The van der Waals surface area contributed by atoms with Gasteiger partial charge in [0.25, 0.3) is 5.91 Å². The van der Waals surface area contributed by atoms with E-state index in [1.54, 1.807) is 0 Å². The SMILES string of the molecule is CCN(CC)c1ccc(C(=O)Nc2ccc3nc(N4CCCCC4Cc4ccccc4)[nH]c3c2)cc1. The van der Waals surface area contributed by atoms with Crippen molar-refractivity contribution >= 4 is 34.3 Å². The minimum Gasteiger partial charge on any atom is -0.372 e. The lowest BCUT2D eigenvalue weighted by Gasteiger charge is -2.35. The minimum atomic E-state index is -0.112. The van der Waals surface area contributed by atoms with E-state index in [0.29, 0.717) is 11.6 Å². The second kappa shape index (κ2) is 10.9. The summed E-state index contributed by atoms with van der Waals surface area (Å²) in [5.41, 5.74) is 5.74. The zero-order valence-corrected chi connectivity index (χ0v) is 21.2. The third-order valence-electron chi connectivity index (χ3n) is 7.20. The number of carbonyl (C=O) groups is 1. The van der Waals surface area contributed by atoms with E-state index in [0.717, 1.165) is 54.4 Å². The predicted molar refractivity (Wildman–Crippen MR) is 149 cm³/mol. The smallest absolute Gasteiger partial charge is 0.255 e. The van der Waals surface area contributed by atoms with Gasteiger partial charge in [-0.2, -0.15) is 0 Å². The average molecular weight is 482 g/mol. The molecule has 0 bridgehead atoms. The molecule has 186 valence electrons. The van der Waals surface area contributed by atoms with Gasteiger partial charge in [-0.3, -0.25) is 4.79 Å². The van der Waals surface area contributed by atoms with Crippen LogP contribution in [0.3, 0.4) is 0 Å². The molecule has 1 unspecified atom stereocenters. The number of carbonyl (C=O) groups excluding carboxylic acids is 1. The normalized spacial score (nSPS) is 15.7. The lowest BCUT2D eigenvalue weighted by molar-refractivity contribution is 0.102. The molecule has 36 heavy (non-hydrogen) atoms. The second-order valence-corrected chi connectivity index (χ2v) is 9.50. The summed E-state index contributed by atoms with van der Waals surface area (Å²) >= 11 is 0. The largest absolute Gasteiger partial charge is 0.372 e. The van der Waals surface area contributed by atoms with E-state index in [2.05, 4.69) is 64.3 Å². The number of hydrogen-bond donors (Lipinski definition) is 2. The Morgan fingerprint density at radius 2 is 1.81 bits per heavy atom.